The van der Waals surface area contributed by atoms with Crippen LogP contribution in [0.25, 0.3) is 0 Å². The van der Waals surface area contributed by atoms with Crippen LogP contribution < -0.4 is 11.1 Å². The lowest BCUT2D eigenvalue weighted by Gasteiger charge is -2.17. The number of rotatable bonds is 6. The van der Waals surface area contributed by atoms with Crippen LogP contribution >= 0.6 is 0 Å². The summed E-state index contributed by atoms with van der Waals surface area (Å²) in [6.45, 7) is 6.71. The quantitative estimate of drug-likeness (QED) is 0.773. The maximum Gasteiger partial charge on any atom is 0.130 e. The minimum Gasteiger partial charge on any atom is -0.366 e. The summed E-state index contributed by atoms with van der Waals surface area (Å²) in [5, 5.41) is 3.37. The van der Waals surface area contributed by atoms with Gasteiger partial charge in [-0.15, -0.1) is 0 Å². The van der Waals surface area contributed by atoms with Gasteiger partial charge in [-0.2, -0.15) is 0 Å². The van der Waals surface area contributed by atoms with E-state index >= 15 is 0 Å². The Balaban J connectivity index is 2.62. The van der Waals surface area contributed by atoms with Crippen LogP contribution in [0.1, 0.15) is 37.7 Å². The molecule has 0 bridgehead atoms. The normalized spacial score (nSPS) is 12.5. The van der Waals surface area contributed by atoms with Crippen LogP contribution in [0.2, 0.25) is 0 Å². The summed E-state index contributed by atoms with van der Waals surface area (Å²) in [5.74, 6) is 1.69. The zero-order chi connectivity index (χ0) is 12.0. The number of hydrogen-bond acceptors (Lipinski definition) is 4. The molecular weight excluding hydrogens is 200 g/mol. The highest BCUT2D eigenvalue weighted by Gasteiger charge is 2.07. The summed E-state index contributed by atoms with van der Waals surface area (Å²) in [4.78, 5) is 8.60. The second-order valence-corrected chi connectivity index (χ2v) is 4.16. The molecular formula is C12H22N4. The zero-order valence-electron chi connectivity index (χ0n) is 10.5. The number of nitrogens with zero attached hydrogens (tertiary/aromatic N) is 2. The Morgan fingerprint density at radius 3 is 2.69 bits per heavy atom. The van der Waals surface area contributed by atoms with E-state index in [9.17, 15) is 0 Å². The maximum absolute atomic E-state index is 5.73. The minimum atomic E-state index is 0.314. The number of nitrogens with one attached hydrogen (secondary N) is 1. The average Bonchev–Trinajstić information content (AvgIpc) is 2.22. The summed E-state index contributed by atoms with van der Waals surface area (Å²) < 4.78 is 0. The molecule has 1 aromatic heterocycles. The molecule has 0 amide bonds. The lowest BCUT2D eigenvalue weighted by atomic mass is 10.1. The molecule has 4 nitrogen and oxygen atoms in total. The van der Waals surface area contributed by atoms with Crippen LogP contribution in [0.5, 0.6) is 0 Å². The molecule has 0 fully saturated rings. The van der Waals surface area contributed by atoms with Gasteiger partial charge in [-0.05, 0) is 20.3 Å². The molecule has 90 valence electrons. The minimum absolute atomic E-state index is 0.314. The van der Waals surface area contributed by atoms with Gasteiger partial charge in [0.05, 0.1) is 0 Å². The lowest BCUT2D eigenvalue weighted by molar-refractivity contribution is 0.612. The first-order chi connectivity index (χ1) is 7.65. The molecule has 0 aliphatic heterocycles. The van der Waals surface area contributed by atoms with Crippen LogP contribution in [0.3, 0.4) is 0 Å². The van der Waals surface area contributed by atoms with Crippen molar-refractivity contribution in [3.05, 3.63) is 17.6 Å². The van der Waals surface area contributed by atoms with Gasteiger partial charge in [0.1, 0.15) is 11.6 Å². The van der Waals surface area contributed by atoms with E-state index in [0.29, 0.717) is 12.6 Å². The Labute approximate surface area is 97.7 Å². The molecule has 4 heteroatoms. The first-order valence-electron chi connectivity index (χ1n) is 5.94. The van der Waals surface area contributed by atoms with Gasteiger partial charge in [-0.3, -0.25) is 0 Å². The van der Waals surface area contributed by atoms with E-state index in [1.165, 1.54) is 12.8 Å². The largest absolute Gasteiger partial charge is 0.366 e. The number of aromatic nitrogens is 2. The molecule has 1 rings (SSSR count). The number of anilines is 1. The predicted molar refractivity (Wildman–Crippen MR) is 67.5 cm³/mol. The molecule has 1 atom stereocenters. The Morgan fingerprint density at radius 2 is 2.12 bits per heavy atom. The van der Waals surface area contributed by atoms with Gasteiger partial charge in [0, 0.05) is 24.3 Å². The van der Waals surface area contributed by atoms with Gasteiger partial charge in [0.25, 0.3) is 0 Å². The van der Waals surface area contributed by atoms with Crippen molar-refractivity contribution in [1.29, 1.82) is 0 Å². The molecule has 0 aliphatic rings. The van der Waals surface area contributed by atoms with Crippen molar-refractivity contribution in [3.63, 3.8) is 0 Å². The SMILES string of the molecule is CCCCC(CN)Nc1cc(C)nc(C)n1. The van der Waals surface area contributed by atoms with Gasteiger partial charge in [-0.25, -0.2) is 9.97 Å². The van der Waals surface area contributed by atoms with Crippen molar-refractivity contribution >= 4 is 5.82 Å². The molecule has 1 aromatic rings. The Kier molecular flexibility index (Phi) is 5.19. The van der Waals surface area contributed by atoms with Crippen molar-refractivity contribution in [2.45, 2.75) is 46.1 Å². The first kappa shape index (κ1) is 12.9. The topological polar surface area (TPSA) is 63.8 Å². The molecule has 1 heterocycles. The number of unbranched alkanes of at least 4 members (excludes halogenated alkanes) is 1. The lowest BCUT2D eigenvalue weighted by Crippen LogP contribution is -2.29. The van der Waals surface area contributed by atoms with Gasteiger partial charge < -0.3 is 11.1 Å². The number of aryl methyl sites for hydroxylation is 2. The van der Waals surface area contributed by atoms with E-state index < -0.39 is 0 Å². The van der Waals surface area contributed by atoms with E-state index in [-0.39, 0.29) is 0 Å². The van der Waals surface area contributed by atoms with Crippen molar-refractivity contribution in [1.82, 2.24) is 9.97 Å². The average molecular weight is 222 g/mol. The Hall–Kier alpha value is -1.16. The molecule has 3 N–H and O–H groups in total. The molecule has 0 spiro atoms. The third-order valence-electron chi connectivity index (χ3n) is 2.51. The Morgan fingerprint density at radius 1 is 1.38 bits per heavy atom. The molecule has 0 aliphatic carbocycles. The highest BCUT2D eigenvalue weighted by Crippen LogP contribution is 2.10. The highest BCUT2D eigenvalue weighted by atomic mass is 15.1. The second kappa shape index (κ2) is 6.43. The van der Waals surface area contributed by atoms with E-state index in [0.717, 1.165) is 23.8 Å². The van der Waals surface area contributed by atoms with E-state index in [2.05, 4.69) is 22.2 Å². The number of hydrogen-bond donors (Lipinski definition) is 2. The van der Waals surface area contributed by atoms with Crippen molar-refractivity contribution in [3.8, 4) is 0 Å². The molecule has 0 aromatic carbocycles. The van der Waals surface area contributed by atoms with Crippen LogP contribution in [-0.2, 0) is 0 Å². The van der Waals surface area contributed by atoms with Gasteiger partial charge in [0.2, 0.25) is 0 Å². The predicted octanol–water partition coefficient (Wildman–Crippen LogP) is 2.02. The molecule has 1 unspecified atom stereocenters. The molecule has 0 radical (unpaired) electrons. The third-order valence-corrected chi connectivity index (χ3v) is 2.51. The number of nitrogens with two attached hydrogens (primary N) is 1. The maximum atomic E-state index is 5.73. The standard InChI is InChI=1S/C12H22N4/c1-4-5-6-11(8-13)16-12-7-9(2)14-10(3)15-12/h7,11H,4-6,8,13H2,1-3H3,(H,14,15,16). The van der Waals surface area contributed by atoms with Crippen LogP contribution in [-0.4, -0.2) is 22.6 Å². The fourth-order valence-electron chi connectivity index (χ4n) is 1.70. The smallest absolute Gasteiger partial charge is 0.130 e. The second-order valence-electron chi connectivity index (χ2n) is 4.16. The van der Waals surface area contributed by atoms with Crippen molar-refractivity contribution in [2.24, 2.45) is 5.73 Å². The van der Waals surface area contributed by atoms with Crippen LogP contribution in [0.4, 0.5) is 5.82 Å². The Bertz CT molecular complexity index is 305. The molecule has 0 saturated heterocycles. The first-order valence-corrected chi connectivity index (χ1v) is 5.94. The van der Waals surface area contributed by atoms with Crippen molar-refractivity contribution < 1.29 is 0 Å². The highest BCUT2D eigenvalue weighted by molar-refractivity contribution is 5.36. The van der Waals surface area contributed by atoms with Crippen LogP contribution in [0.15, 0.2) is 6.07 Å². The zero-order valence-corrected chi connectivity index (χ0v) is 10.5. The third kappa shape index (κ3) is 4.14. The molecule has 0 saturated carbocycles. The fraction of sp³-hybridized carbons (Fsp3) is 0.667. The molecule has 16 heavy (non-hydrogen) atoms. The monoisotopic (exact) mass is 222 g/mol. The van der Waals surface area contributed by atoms with E-state index in [4.69, 9.17) is 5.73 Å². The summed E-state index contributed by atoms with van der Waals surface area (Å²) in [6, 6.07) is 2.27. The van der Waals surface area contributed by atoms with Crippen molar-refractivity contribution in [2.75, 3.05) is 11.9 Å². The fourth-order valence-corrected chi connectivity index (χ4v) is 1.70. The van der Waals surface area contributed by atoms with Gasteiger partial charge >= 0.3 is 0 Å². The van der Waals surface area contributed by atoms with Crippen LogP contribution in [0, 0.1) is 13.8 Å². The van der Waals surface area contributed by atoms with E-state index in [1.54, 1.807) is 0 Å². The van der Waals surface area contributed by atoms with E-state index in [1.807, 2.05) is 19.9 Å². The summed E-state index contributed by atoms with van der Waals surface area (Å²) >= 11 is 0. The van der Waals surface area contributed by atoms with Gasteiger partial charge in [0.15, 0.2) is 0 Å². The summed E-state index contributed by atoms with van der Waals surface area (Å²) in [6.07, 6.45) is 3.48. The summed E-state index contributed by atoms with van der Waals surface area (Å²) in [7, 11) is 0. The summed E-state index contributed by atoms with van der Waals surface area (Å²) in [5.41, 5.74) is 6.72. The van der Waals surface area contributed by atoms with Gasteiger partial charge in [-0.1, -0.05) is 19.8 Å².